The molecule has 0 aliphatic rings. The summed E-state index contributed by atoms with van der Waals surface area (Å²) in [6.07, 6.45) is 51.6. The molecule has 0 aromatic carbocycles. The predicted molar refractivity (Wildman–Crippen MR) is 391 cm³/mol. The van der Waals surface area contributed by atoms with E-state index < -0.39 is 97.5 Å². The van der Waals surface area contributed by atoms with E-state index in [0.29, 0.717) is 37.5 Å². The van der Waals surface area contributed by atoms with Crippen LogP contribution in [0.4, 0.5) is 0 Å². The van der Waals surface area contributed by atoms with Crippen molar-refractivity contribution >= 4 is 39.5 Å². The minimum Gasteiger partial charge on any atom is -0.462 e. The molecule has 3 N–H and O–H groups in total. The van der Waals surface area contributed by atoms with E-state index in [9.17, 15) is 43.2 Å². The van der Waals surface area contributed by atoms with Crippen LogP contribution in [-0.4, -0.2) is 96.7 Å². The fourth-order valence-electron chi connectivity index (χ4n) is 11.7. The Morgan fingerprint density at radius 1 is 0.292 bits per heavy atom. The number of hydrogen-bond acceptors (Lipinski definition) is 15. The summed E-state index contributed by atoms with van der Waals surface area (Å²) in [4.78, 5) is 72.7. The van der Waals surface area contributed by atoms with Crippen molar-refractivity contribution in [3.8, 4) is 0 Å². The Kier molecular flexibility index (Phi) is 65.0. The number of esters is 4. The van der Waals surface area contributed by atoms with Gasteiger partial charge in [0.1, 0.15) is 19.3 Å². The highest BCUT2D eigenvalue weighted by atomic mass is 31.2. The molecular weight excluding hydrogens is 1260 g/mol. The van der Waals surface area contributed by atoms with E-state index in [1.807, 2.05) is 0 Å². The van der Waals surface area contributed by atoms with Gasteiger partial charge >= 0.3 is 39.5 Å². The highest BCUT2D eigenvalue weighted by Gasteiger charge is 2.30. The topological polar surface area (TPSA) is 237 Å². The van der Waals surface area contributed by atoms with Gasteiger partial charge in [-0.2, -0.15) is 0 Å². The third-order valence-electron chi connectivity index (χ3n) is 18.5. The molecule has 0 aromatic heterocycles. The summed E-state index contributed by atoms with van der Waals surface area (Å²) in [7, 11) is -9.91. The van der Waals surface area contributed by atoms with E-state index in [1.54, 1.807) is 0 Å². The van der Waals surface area contributed by atoms with Crippen molar-refractivity contribution in [2.24, 2.45) is 23.7 Å². The summed E-state index contributed by atoms with van der Waals surface area (Å²) in [5, 5.41) is 10.6. The number of hydrogen-bond donors (Lipinski definition) is 3. The van der Waals surface area contributed by atoms with Crippen LogP contribution >= 0.6 is 15.6 Å². The van der Waals surface area contributed by atoms with E-state index in [4.69, 9.17) is 37.0 Å². The second-order valence-corrected chi connectivity index (χ2v) is 32.1. The number of aliphatic hydroxyl groups excluding tert-OH is 1. The maximum atomic E-state index is 13.1. The van der Waals surface area contributed by atoms with Gasteiger partial charge in [0, 0.05) is 25.7 Å². The van der Waals surface area contributed by atoms with Crippen molar-refractivity contribution in [2.75, 3.05) is 39.6 Å². The van der Waals surface area contributed by atoms with Crippen molar-refractivity contribution in [3.05, 3.63) is 0 Å². The minimum absolute atomic E-state index is 0.103. The van der Waals surface area contributed by atoms with Gasteiger partial charge in [0.25, 0.3) is 0 Å². The molecule has 7 atom stereocenters. The molecule has 0 saturated carbocycles. The smallest absolute Gasteiger partial charge is 0.462 e. The molecule has 0 aromatic rings. The number of phosphoric ester groups is 2. The lowest BCUT2D eigenvalue weighted by Gasteiger charge is -2.21. The first-order chi connectivity index (χ1) is 46.2. The summed E-state index contributed by atoms with van der Waals surface area (Å²) in [5.41, 5.74) is 0. The summed E-state index contributed by atoms with van der Waals surface area (Å²) < 4.78 is 68.5. The molecule has 0 radical (unpaired) electrons. The average Bonchev–Trinajstić information content (AvgIpc) is 1.67. The van der Waals surface area contributed by atoms with Crippen LogP contribution in [0.15, 0.2) is 0 Å². The van der Waals surface area contributed by atoms with E-state index in [-0.39, 0.29) is 25.7 Å². The van der Waals surface area contributed by atoms with Gasteiger partial charge in [-0.1, -0.05) is 338 Å². The van der Waals surface area contributed by atoms with Gasteiger partial charge < -0.3 is 33.8 Å². The van der Waals surface area contributed by atoms with Crippen molar-refractivity contribution in [1.82, 2.24) is 0 Å². The predicted octanol–water partition coefficient (Wildman–Crippen LogP) is 22.4. The quantitative estimate of drug-likeness (QED) is 0.0222. The van der Waals surface area contributed by atoms with Gasteiger partial charge in [0.05, 0.1) is 26.4 Å². The number of rotatable bonds is 74. The van der Waals surface area contributed by atoms with Crippen LogP contribution in [0, 0.1) is 23.7 Å². The first kappa shape index (κ1) is 94.1. The molecule has 0 saturated heterocycles. The van der Waals surface area contributed by atoms with Gasteiger partial charge in [-0.15, -0.1) is 0 Å². The monoisotopic (exact) mass is 1410 g/mol. The minimum atomic E-state index is -4.96. The Labute approximate surface area is 588 Å². The Morgan fingerprint density at radius 2 is 0.500 bits per heavy atom. The molecule has 0 aliphatic heterocycles. The lowest BCUT2D eigenvalue weighted by molar-refractivity contribution is -0.161. The van der Waals surface area contributed by atoms with Crippen LogP contribution < -0.4 is 0 Å². The molecule has 96 heavy (non-hydrogen) atoms. The first-order valence-electron chi connectivity index (χ1n) is 39.8. The largest absolute Gasteiger partial charge is 0.472 e. The lowest BCUT2D eigenvalue weighted by Crippen LogP contribution is -2.30. The van der Waals surface area contributed by atoms with Crippen LogP contribution in [0.2, 0.25) is 0 Å². The molecule has 0 bridgehead atoms. The number of aliphatic hydroxyl groups is 1. The molecule has 0 rings (SSSR count). The first-order valence-corrected chi connectivity index (χ1v) is 42.8. The molecular formula is C77H150O17P2. The Balaban J connectivity index is 5.13. The molecule has 0 amide bonds. The molecule has 5 unspecified atom stereocenters. The van der Waals surface area contributed by atoms with Crippen molar-refractivity contribution in [1.29, 1.82) is 0 Å². The number of carbonyl (C=O) groups excluding carboxylic acids is 4. The number of carbonyl (C=O) groups is 4. The van der Waals surface area contributed by atoms with Crippen LogP contribution in [0.25, 0.3) is 0 Å². The Morgan fingerprint density at radius 3 is 0.740 bits per heavy atom. The molecule has 19 heteroatoms. The maximum Gasteiger partial charge on any atom is 0.472 e. The van der Waals surface area contributed by atoms with Crippen LogP contribution in [-0.2, 0) is 65.4 Å². The molecule has 0 fully saturated rings. The van der Waals surface area contributed by atoms with Crippen LogP contribution in [0.1, 0.15) is 389 Å². The highest BCUT2D eigenvalue weighted by Crippen LogP contribution is 2.45. The SMILES string of the molecule is CCC(C)CCCCCCCCCCCCCCCCCCCCC(=O)OC[C@H](COP(=O)(O)OCC(O)COP(=O)(O)OC[C@@H](COC(=O)CCCCCCCCCC(C)C)OC(=O)CCCCCCCCCCCCC(C)CC)OC(=O)CCCCCCCCCC(C)C. The summed E-state index contributed by atoms with van der Waals surface area (Å²) in [6, 6.07) is 0. The van der Waals surface area contributed by atoms with Gasteiger partial charge in [-0.3, -0.25) is 37.3 Å². The number of unbranched alkanes of at least 4 members (excludes halogenated alkanes) is 38. The second-order valence-electron chi connectivity index (χ2n) is 29.2. The van der Waals surface area contributed by atoms with E-state index in [0.717, 1.165) is 108 Å². The Bertz CT molecular complexity index is 1890. The van der Waals surface area contributed by atoms with Gasteiger partial charge in [-0.05, 0) is 49.4 Å². The van der Waals surface area contributed by atoms with Crippen LogP contribution in [0.3, 0.4) is 0 Å². The maximum absolute atomic E-state index is 13.1. The van der Waals surface area contributed by atoms with E-state index in [2.05, 4.69) is 55.4 Å². The summed E-state index contributed by atoms with van der Waals surface area (Å²) in [6.45, 7) is 14.2. The van der Waals surface area contributed by atoms with E-state index >= 15 is 0 Å². The summed E-state index contributed by atoms with van der Waals surface area (Å²) >= 11 is 0. The zero-order valence-electron chi connectivity index (χ0n) is 63.0. The molecule has 570 valence electrons. The van der Waals surface area contributed by atoms with Gasteiger partial charge in [-0.25, -0.2) is 9.13 Å². The fraction of sp³-hybridized carbons (Fsp3) is 0.948. The number of ether oxygens (including phenoxy) is 4. The third-order valence-corrected chi connectivity index (χ3v) is 20.4. The standard InChI is InChI=1S/C77H150O17P2/c1-9-69(7)55-47-39-31-23-19-17-15-13-11-12-14-16-18-20-25-33-41-49-57-74(79)87-63-73(94-77(82)60-52-44-36-28-30-38-46-54-68(5)6)66-92-96(85,86)90-62-71(78)61-89-95(83,84)91-65-72(64-88-75(80)58-50-42-35-27-29-37-45-53-67(3)4)93-76(81)59-51-43-34-26-22-21-24-32-40-48-56-70(8)10-2/h67-73,78H,9-66H2,1-8H3,(H,83,84)(H,85,86)/t69?,70?,71?,72-,73-/m1/s1. The zero-order chi connectivity index (χ0) is 71.0. The van der Waals surface area contributed by atoms with Gasteiger partial charge in [0.2, 0.25) is 0 Å². The number of phosphoric acid groups is 2. The lowest BCUT2D eigenvalue weighted by atomic mass is 9.99. The summed E-state index contributed by atoms with van der Waals surface area (Å²) in [5.74, 6) is 0.953. The van der Waals surface area contributed by atoms with Crippen molar-refractivity contribution < 1.29 is 80.2 Å². The highest BCUT2D eigenvalue weighted by molar-refractivity contribution is 7.47. The van der Waals surface area contributed by atoms with Crippen LogP contribution in [0.5, 0.6) is 0 Å². The van der Waals surface area contributed by atoms with Crippen molar-refractivity contribution in [2.45, 2.75) is 408 Å². The molecule has 0 heterocycles. The van der Waals surface area contributed by atoms with E-state index in [1.165, 1.54) is 186 Å². The van der Waals surface area contributed by atoms with Crippen molar-refractivity contribution in [3.63, 3.8) is 0 Å². The fourth-order valence-corrected chi connectivity index (χ4v) is 13.2. The molecule has 17 nitrogen and oxygen atoms in total. The zero-order valence-corrected chi connectivity index (χ0v) is 64.8. The molecule has 0 spiro atoms. The second kappa shape index (κ2) is 66.3. The van der Waals surface area contributed by atoms with Gasteiger partial charge in [0.15, 0.2) is 12.2 Å². The normalized spacial score (nSPS) is 14.7. The molecule has 0 aliphatic carbocycles. The average molecular weight is 1410 g/mol. The third kappa shape index (κ3) is 67.9. The Hall–Kier alpha value is -1.94.